The van der Waals surface area contributed by atoms with Crippen molar-refractivity contribution in [3.8, 4) is 11.4 Å². The van der Waals surface area contributed by atoms with Crippen LogP contribution in [0.3, 0.4) is 0 Å². The Morgan fingerprint density at radius 3 is 2.57 bits per heavy atom. The molecule has 0 aliphatic rings. The third kappa shape index (κ3) is 5.53. The monoisotopic (exact) mass is 554 g/mol. The number of nitrogens with one attached hydrogen (secondary N) is 2. The highest BCUT2D eigenvalue weighted by atomic mass is 127. The molecule has 0 unspecified atom stereocenters. The van der Waals surface area contributed by atoms with Crippen molar-refractivity contribution in [2.45, 2.75) is 13.1 Å². The molecule has 150 valence electrons. The van der Waals surface area contributed by atoms with Gasteiger partial charge in [0.25, 0.3) is 0 Å². The number of aliphatic imine (C=N–C) groups is 1. The maximum absolute atomic E-state index is 6.07. The van der Waals surface area contributed by atoms with Crippen LogP contribution in [0.5, 0.6) is 0 Å². The fourth-order valence-corrected chi connectivity index (χ4v) is 2.99. The first-order valence-corrected chi connectivity index (χ1v) is 9.14. The molecule has 0 saturated heterocycles. The fraction of sp³-hybridized carbons (Fsp3) is 0.235. The Balaban J connectivity index is 0.00000280. The number of rotatable bonds is 5. The molecule has 11 heteroatoms. The molecular weight excluding hydrogens is 537 g/mol. The Hall–Kier alpha value is -1.49. The summed E-state index contributed by atoms with van der Waals surface area (Å²) in [6.07, 6.45) is 0. The van der Waals surface area contributed by atoms with E-state index in [2.05, 4.69) is 25.8 Å². The lowest BCUT2D eigenvalue weighted by Gasteiger charge is -2.11. The quantitative estimate of drug-likeness (QED) is 0.275. The van der Waals surface area contributed by atoms with Crippen LogP contribution in [0.1, 0.15) is 11.6 Å². The predicted octanol–water partition coefficient (Wildman–Crippen LogP) is 4.52. The Morgan fingerprint density at radius 1 is 1.18 bits per heavy atom. The average molecular weight is 556 g/mol. The summed E-state index contributed by atoms with van der Waals surface area (Å²) in [6, 6.07) is 9.07. The van der Waals surface area contributed by atoms with E-state index in [0.29, 0.717) is 46.0 Å². The van der Waals surface area contributed by atoms with Crippen molar-refractivity contribution < 1.29 is 4.52 Å². The second kappa shape index (κ2) is 10.3. The number of hydrogen-bond acceptors (Lipinski definition) is 4. The van der Waals surface area contributed by atoms with Crippen molar-refractivity contribution in [3.05, 3.63) is 57.1 Å². The average Bonchev–Trinajstić information content (AvgIpc) is 3.23. The molecule has 0 aliphatic carbocycles. The summed E-state index contributed by atoms with van der Waals surface area (Å²) in [7, 11) is 3.52. The number of hydrogen-bond donors (Lipinski definition) is 2. The zero-order chi connectivity index (χ0) is 19.4. The van der Waals surface area contributed by atoms with E-state index in [4.69, 9.17) is 39.3 Å². The first-order chi connectivity index (χ1) is 13.0. The molecule has 0 spiro atoms. The Morgan fingerprint density at radius 2 is 1.93 bits per heavy atom. The van der Waals surface area contributed by atoms with Crippen molar-refractivity contribution in [1.29, 1.82) is 0 Å². The predicted molar refractivity (Wildman–Crippen MR) is 123 cm³/mol. The Kier molecular flexibility index (Phi) is 8.41. The highest BCUT2D eigenvalue weighted by molar-refractivity contribution is 14.0. The molecule has 2 heterocycles. The van der Waals surface area contributed by atoms with E-state index in [1.807, 2.05) is 19.2 Å². The van der Waals surface area contributed by atoms with E-state index in [0.717, 1.165) is 11.3 Å². The molecular formula is C17H18Cl3IN6O. The van der Waals surface area contributed by atoms with Gasteiger partial charge in [-0.3, -0.25) is 4.99 Å². The van der Waals surface area contributed by atoms with Gasteiger partial charge >= 0.3 is 0 Å². The third-order valence-electron chi connectivity index (χ3n) is 3.83. The lowest BCUT2D eigenvalue weighted by molar-refractivity contribution is 0.375. The van der Waals surface area contributed by atoms with E-state index >= 15 is 0 Å². The molecule has 0 bridgehead atoms. The second-order valence-electron chi connectivity index (χ2n) is 5.63. The smallest absolute Gasteiger partial charge is 0.246 e. The highest BCUT2D eigenvalue weighted by Crippen LogP contribution is 2.25. The van der Waals surface area contributed by atoms with Crippen molar-refractivity contribution in [2.75, 3.05) is 7.05 Å². The van der Waals surface area contributed by atoms with Crippen molar-refractivity contribution >= 4 is 64.7 Å². The first-order valence-electron chi connectivity index (χ1n) is 8.00. The molecule has 0 atom stereocenters. The molecule has 2 aromatic heterocycles. The minimum absolute atomic E-state index is 0. The first kappa shape index (κ1) is 22.8. The van der Waals surface area contributed by atoms with Crippen molar-refractivity contribution in [3.63, 3.8) is 0 Å². The van der Waals surface area contributed by atoms with Crippen LogP contribution in [0, 0.1) is 0 Å². The molecule has 0 saturated carbocycles. The van der Waals surface area contributed by atoms with Gasteiger partial charge in [0.05, 0.1) is 18.1 Å². The zero-order valence-electron chi connectivity index (χ0n) is 15.0. The van der Waals surface area contributed by atoms with Crippen LogP contribution >= 0.6 is 58.8 Å². The number of halogens is 4. The van der Waals surface area contributed by atoms with Gasteiger partial charge in [0.2, 0.25) is 11.7 Å². The van der Waals surface area contributed by atoms with Gasteiger partial charge < -0.3 is 19.7 Å². The minimum Gasteiger partial charge on any atom is -0.351 e. The maximum atomic E-state index is 6.07. The summed E-state index contributed by atoms with van der Waals surface area (Å²) >= 11 is 18.1. The maximum Gasteiger partial charge on any atom is 0.246 e. The highest BCUT2D eigenvalue weighted by Gasteiger charge is 2.11. The van der Waals surface area contributed by atoms with E-state index in [1.165, 1.54) is 0 Å². The lowest BCUT2D eigenvalue weighted by Crippen LogP contribution is -2.36. The van der Waals surface area contributed by atoms with E-state index in [1.54, 1.807) is 29.8 Å². The van der Waals surface area contributed by atoms with Crippen LogP contribution in [-0.4, -0.2) is 27.7 Å². The summed E-state index contributed by atoms with van der Waals surface area (Å²) in [5.41, 5.74) is 1.71. The molecule has 1 aromatic carbocycles. The van der Waals surface area contributed by atoms with Gasteiger partial charge in [-0.05, 0) is 18.2 Å². The molecule has 0 aliphatic heterocycles. The van der Waals surface area contributed by atoms with E-state index < -0.39 is 0 Å². The zero-order valence-corrected chi connectivity index (χ0v) is 19.6. The van der Waals surface area contributed by atoms with Crippen molar-refractivity contribution in [1.82, 2.24) is 25.3 Å². The number of aromatic nitrogens is 3. The molecule has 2 N–H and O–H groups in total. The molecule has 3 rings (SSSR count). The second-order valence-corrected chi connectivity index (χ2v) is 6.84. The van der Waals surface area contributed by atoms with Crippen LogP contribution in [0.25, 0.3) is 11.4 Å². The summed E-state index contributed by atoms with van der Waals surface area (Å²) in [5, 5.41) is 11.9. The van der Waals surface area contributed by atoms with Gasteiger partial charge in [0.1, 0.15) is 5.15 Å². The van der Waals surface area contributed by atoms with Gasteiger partial charge in [-0.1, -0.05) is 52.1 Å². The molecule has 28 heavy (non-hydrogen) atoms. The molecule has 7 nitrogen and oxygen atoms in total. The van der Waals surface area contributed by atoms with E-state index in [-0.39, 0.29) is 24.0 Å². The fourth-order valence-electron chi connectivity index (χ4n) is 2.38. The van der Waals surface area contributed by atoms with Crippen LogP contribution in [-0.2, 0) is 20.1 Å². The largest absolute Gasteiger partial charge is 0.351 e. The van der Waals surface area contributed by atoms with Crippen molar-refractivity contribution in [2.24, 2.45) is 12.0 Å². The Labute approximate surface area is 194 Å². The van der Waals surface area contributed by atoms with Gasteiger partial charge in [-0.2, -0.15) is 4.98 Å². The van der Waals surface area contributed by atoms with Gasteiger partial charge in [-0.15, -0.1) is 24.0 Å². The summed E-state index contributed by atoms with van der Waals surface area (Å²) < 4.78 is 7.07. The Bertz CT molecular complexity index is 972. The SMILES string of the molecule is CN=C(NCc1nc(-c2cccc(Cl)c2)no1)NCc1cc(Cl)c(Cl)n1C.I. The van der Waals surface area contributed by atoms with Gasteiger partial charge in [-0.25, -0.2) is 0 Å². The summed E-state index contributed by atoms with van der Waals surface area (Å²) in [5.74, 6) is 1.48. The van der Waals surface area contributed by atoms with Crippen LogP contribution in [0.2, 0.25) is 15.2 Å². The lowest BCUT2D eigenvalue weighted by atomic mass is 10.2. The normalized spacial score (nSPS) is 11.2. The number of guanidine groups is 1. The topological polar surface area (TPSA) is 80.3 Å². The minimum atomic E-state index is 0. The number of benzene rings is 1. The molecule has 3 aromatic rings. The summed E-state index contributed by atoms with van der Waals surface area (Å²) in [4.78, 5) is 8.52. The van der Waals surface area contributed by atoms with Crippen LogP contribution < -0.4 is 10.6 Å². The van der Waals surface area contributed by atoms with Gasteiger partial charge in [0, 0.05) is 30.4 Å². The van der Waals surface area contributed by atoms with Crippen LogP contribution in [0.4, 0.5) is 0 Å². The van der Waals surface area contributed by atoms with E-state index in [9.17, 15) is 0 Å². The molecule has 0 radical (unpaired) electrons. The summed E-state index contributed by atoms with van der Waals surface area (Å²) in [6.45, 7) is 0.822. The van der Waals surface area contributed by atoms with Gasteiger partial charge in [0.15, 0.2) is 5.96 Å². The number of nitrogens with zero attached hydrogens (tertiary/aromatic N) is 4. The molecule has 0 fully saturated rings. The van der Waals surface area contributed by atoms with Crippen LogP contribution in [0.15, 0.2) is 39.8 Å². The third-order valence-corrected chi connectivity index (χ3v) is 4.91. The standard InChI is InChI=1S/C17H17Cl3N6O.HI/c1-21-17(22-8-12-7-13(19)15(20)26(12)2)23-9-14-24-16(25-27-14)10-4-3-5-11(18)6-10;/h3-7H,8-9H2,1-2H3,(H2,21,22,23);1H. The molecule has 0 amide bonds.